The number of esters is 1. The van der Waals surface area contributed by atoms with Gasteiger partial charge in [-0.3, -0.25) is 29.8 Å². The van der Waals surface area contributed by atoms with Crippen LogP contribution in [0.25, 0.3) is 10.9 Å². The summed E-state index contributed by atoms with van der Waals surface area (Å²) >= 11 is 0. The lowest BCUT2D eigenvalue weighted by atomic mass is 9.42. The topological polar surface area (TPSA) is 219 Å². The van der Waals surface area contributed by atoms with Crippen LogP contribution in [0.5, 0.6) is 0 Å². The SMILES string of the molecule is COC(=O)[C@H](Cc1c[nH]c2ccccc12)NC(=O)CCN1C(=O)NC(=O)[C@@]2(C)C1C1N(CCC(=O)NCCO)C(=O)NC(=O)[C@]12C. The number of imide groups is 2. The molecule has 3 aliphatic rings. The first kappa shape index (κ1) is 32.4. The summed E-state index contributed by atoms with van der Waals surface area (Å²) in [5.41, 5.74) is -1.29. The number of urea groups is 2. The highest BCUT2D eigenvalue weighted by Gasteiger charge is 2.80. The molecular weight excluding hydrogens is 602 g/mol. The molecule has 16 heteroatoms. The molecular formula is C30H37N7O9. The van der Waals surface area contributed by atoms with E-state index >= 15 is 0 Å². The van der Waals surface area contributed by atoms with E-state index in [4.69, 9.17) is 9.84 Å². The Hall–Kier alpha value is -4.99. The maximum absolute atomic E-state index is 13.3. The van der Waals surface area contributed by atoms with Crippen LogP contribution in [0, 0.1) is 10.8 Å². The molecule has 2 aromatic rings. The third-order valence-corrected chi connectivity index (χ3v) is 9.65. The fourth-order valence-corrected chi connectivity index (χ4v) is 7.04. The number of aliphatic hydroxyl groups excluding tert-OH is 1. The summed E-state index contributed by atoms with van der Waals surface area (Å²) in [4.78, 5) is 96.5. The standard InChI is InChI=1S/C30H37N7O9/c1-29-22(36(27(44)34-25(29)42)11-8-20(39)31-10-13-38)23-30(29,2)26(43)35-28(45)37(23)12-9-21(40)33-19(24(41)46-3)14-16-15-32-18-7-5-4-6-17(16)18/h4-7,15,19,22-23,32,38H,8-14H2,1-3H3,(H,31,39)(H,33,40)(H,34,42,44)(H,35,43,45)/t19-,22?,23?,29-,30+/m0/s1. The Bertz CT molecular complexity index is 1610. The molecule has 2 aliphatic heterocycles. The van der Waals surface area contributed by atoms with E-state index in [0.717, 1.165) is 16.5 Å². The molecule has 0 bridgehead atoms. The summed E-state index contributed by atoms with van der Waals surface area (Å²) in [6.07, 6.45) is 1.45. The van der Waals surface area contributed by atoms with Crippen molar-refractivity contribution in [2.75, 3.05) is 33.4 Å². The quantitative estimate of drug-likeness (QED) is 0.159. The number of amides is 8. The predicted molar refractivity (Wildman–Crippen MR) is 160 cm³/mol. The molecule has 1 saturated carbocycles. The van der Waals surface area contributed by atoms with E-state index in [2.05, 4.69) is 26.3 Å². The van der Waals surface area contributed by atoms with Gasteiger partial charge in [-0.2, -0.15) is 0 Å². The number of fused-ring (bicyclic) bond motifs is 5. The summed E-state index contributed by atoms with van der Waals surface area (Å²) in [5.74, 6) is -3.06. The van der Waals surface area contributed by atoms with Crippen LogP contribution in [-0.2, 0) is 35.1 Å². The first-order chi connectivity index (χ1) is 21.9. The maximum Gasteiger partial charge on any atom is 0.328 e. The molecule has 1 aromatic heterocycles. The van der Waals surface area contributed by atoms with Gasteiger partial charge < -0.3 is 35.3 Å². The lowest BCUT2D eigenvalue weighted by Crippen LogP contribution is -2.91. The van der Waals surface area contributed by atoms with E-state index in [0.29, 0.717) is 0 Å². The Kier molecular flexibility index (Phi) is 8.75. The van der Waals surface area contributed by atoms with Crippen molar-refractivity contribution in [2.45, 2.75) is 51.2 Å². The van der Waals surface area contributed by atoms with Gasteiger partial charge in [-0.1, -0.05) is 18.2 Å². The summed E-state index contributed by atoms with van der Waals surface area (Å²) in [6.45, 7) is 2.46. The first-order valence-corrected chi connectivity index (χ1v) is 14.9. The Balaban J connectivity index is 1.34. The molecule has 8 amide bonds. The van der Waals surface area contributed by atoms with Crippen molar-refractivity contribution in [1.82, 2.24) is 36.1 Å². The lowest BCUT2D eigenvalue weighted by molar-refractivity contribution is -0.213. The number of nitrogens with zero attached hydrogens (tertiary/aromatic N) is 2. The van der Waals surface area contributed by atoms with Gasteiger partial charge in [-0.05, 0) is 25.5 Å². The van der Waals surface area contributed by atoms with Crippen molar-refractivity contribution in [3.05, 3.63) is 36.0 Å². The number of hydrogen-bond acceptors (Lipinski definition) is 9. The number of rotatable bonds is 12. The Morgan fingerprint density at radius 2 is 1.50 bits per heavy atom. The minimum atomic E-state index is -1.48. The van der Waals surface area contributed by atoms with Crippen LogP contribution in [0.15, 0.2) is 30.5 Å². The molecule has 3 heterocycles. The van der Waals surface area contributed by atoms with Crippen LogP contribution >= 0.6 is 0 Å². The maximum atomic E-state index is 13.3. The summed E-state index contributed by atoms with van der Waals surface area (Å²) < 4.78 is 4.92. The van der Waals surface area contributed by atoms with Crippen molar-refractivity contribution < 1.29 is 43.4 Å². The van der Waals surface area contributed by atoms with E-state index < -0.39 is 70.6 Å². The van der Waals surface area contributed by atoms with Gasteiger partial charge in [0.25, 0.3) is 0 Å². The molecule has 0 radical (unpaired) electrons. The third-order valence-electron chi connectivity index (χ3n) is 9.65. The molecule has 2 saturated heterocycles. The van der Waals surface area contributed by atoms with Gasteiger partial charge >= 0.3 is 18.0 Å². The zero-order valence-corrected chi connectivity index (χ0v) is 25.7. The number of methoxy groups -OCH3 is 1. The van der Waals surface area contributed by atoms with Crippen molar-refractivity contribution in [3.8, 4) is 0 Å². The van der Waals surface area contributed by atoms with Crippen molar-refractivity contribution in [3.63, 3.8) is 0 Å². The van der Waals surface area contributed by atoms with Crippen LogP contribution in [0.3, 0.4) is 0 Å². The molecule has 16 nitrogen and oxygen atoms in total. The number of hydrogen-bond donors (Lipinski definition) is 6. The van der Waals surface area contributed by atoms with E-state index in [-0.39, 0.29) is 45.5 Å². The van der Waals surface area contributed by atoms with Gasteiger partial charge in [0.1, 0.15) is 6.04 Å². The zero-order valence-electron chi connectivity index (χ0n) is 25.7. The van der Waals surface area contributed by atoms with Crippen LogP contribution in [0.4, 0.5) is 9.59 Å². The third kappa shape index (κ3) is 5.21. The first-order valence-electron chi connectivity index (χ1n) is 14.9. The fraction of sp³-hybridized carbons (Fsp3) is 0.500. The number of carbonyl (C=O) groups excluding carboxylic acids is 7. The zero-order chi connectivity index (χ0) is 33.4. The molecule has 3 fully saturated rings. The average molecular weight is 640 g/mol. The highest BCUT2D eigenvalue weighted by molar-refractivity contribution is 6.11. The number of nitrogens with one attached hydrogen (secondary N) is 5. The summed E-state index contributed by atoms with van der Waals surface area (Å²) in [7, 11) is 1.21. The number of aliphatic hydroxyl groups is 1. The number of benzene rings is 1. The molecule has 5 atom stereocenters. The minimum absolute atomic E-state index is 0.0223. The fourth-order valence-electron chi connectivity index (χ4n) is 7.04. The number of aromatic nitrogens is 1. The Morgan fingerprint density at radius 3 is 2.07 bits per heavy atom. The van der Waals surface area contributed by atoms with Crippen molar-refractivity contribution in [1.29, 1.82) is 0 Å². The summed E-state index contributed by atoms with van der Waals surface area (Å²) in [5, 5.41) is 19.6. The predicted octanol–water partition coefficient (Wildman–Crippen LogP) is -0.876. The lowest BCUT2D eigenvalue weighted by Gasteiger charge is -2.71. The largest absolute Gasteiger partial charge is 0.467 e. The van der Waals surface area contributed by atoms with E-state index in [9.17, 15) is 33.6 Å². The number of carbonyl (C=O) groups is 7. The van der Waals surface area contributed by atoms with E-state index in [1.807, 2.05) is 24.3 Å². The Labute approximate surface area is 263 Å². The summed E-state index contributed by atoms with van der Waals surface area (Å²) in [6, 6.07) is 2.91. The van der Waals surface area contributed by atoms with E-state index in [1.54, 1.807) is 6.20 Å². The molecule has 0 spiro atoms. The van der Waals surface area contributed by atoms with Gasteiger partial charge in [0.15, 0.2) is 0 Å². The molecule has 2 unspecified atom stereocenters. The number of ether oxygens (including phenoxy) is 1. The van der Waals surface area contributed by atoms with Crippen molar-refractivity contribution >= 4 is 52.6 Å². The van der Waals surface area contributed by atoms with Gasteiger partial charge in [-0.15, -0.1) is 0 Å². The second-order valence-corrected chi connectivity index (χ2v) is 12.0. The van der Waals surface area contributed by atoms with Gasteiger partial charge in [0.05, 0.1) is 36.6 Å². The number of H-pyrrole nitrogens is 1. The van der Waals surface area contributed by atoms with Gasteiger partial charge in [0, 0.05) is 56.0 Å². The highest BCUT2D eigenvalue weighted by Crippen LogP contribution is 2.63. The van der Waals surface area contributed by atoms with Gasteiger partial charge in [0.2, 0.25) is 23.6 Å². The average Bonchev–Trinajstić information content (AvgIpc) is 3.44. The monoisotopic (exact) mass is 639 g/mol. The molecule has 46 heavy (non-hydrogen) atoms. The smallest absolute Gasteiger partial charge is 0.328 e. The van der Waals surface area contributed by atoms with Gasteiger partial charge in [-0.25, -0.2) is 14.4 Å². The number of aromatic amines is 1. The minimum Gasteiger partial charge on any atom is -0.467 e. The molecule has 5 rings (SSSR count). The number of para-hydroxylation sites is 1. The molecule has 6 N–H and O–H groups in total. The Morgan fingerprint density at radius 1 is 0.935 bits per heavy atom. The van der Waals surface area contributed by atoms with Crippen LogP contribution in [0.1, 0.15) is 32.3 Å². The second-order valence-electron chi connectivity index (χ2n) is 12.0. The second kappa shape index (κ2) is 12.4. The molecule has 1 aromatic carbocycles. The van der Waals surface area contributed by atoms with Crippen LogP contribution < -0.4 is 21.3 Å². The van der Waals surface area contributed by atoms with Crippen LogP contribution in [-0.4, -0.2) is 113 Å². The van der Waals surface area contributed by atoms with Crippen molar-refractivity contribution in [2.24, 2.45) is 10.8 Å². The van der Waals surface area contributed by atoms with Crippen LogP contribution in [0.2, 0.25) is 0 Å². The van der Waals surface area contributed by atoms with E-state index in [1.165, 1.54) is 30.8 Å². The highest BCUT2D eigenvalue weighted by atomic mass is 16.5. The molecule has 1 aliphatic carbocycles. The normalized spacial score (nSPS) is 25.9. The molecule has 246 valence electrons.